The van der Waals surface area contributed by atoms with Crippen molar-refractivity contribution in [2.75, 3.05) is 0 Å². The summed E-state index contributed by atoms with van der Waals surface area (Å²) in [6.07, 6.45) is 0. The Bertz CT molecular complexity index is 906. The first kappa shape index (κ1) is 14.3. The van der Waals surface area contributed by atoms with Gasteiger partial charge in [-0.3, -0.25) is 0 Å². The predicted octanol–water partition coefficient (Wildman–Crippen LogP) is 1.86. The van der Waals surface area contributed by atoms with Gasteiger partial charge in [0.25, 0.3) is 0 Å². The molecule has 0 aliphatic carbocycles. The molecule has 22 heavy (non-hydrogen) atoms. The van der Waals surface area contributed by atoms with Crippen LogP contribution in [0, 0.1) is 11.6 Å². The molecule has 0 radical (unpaired) electrons. The molecule has 3 rings (SSSR count). The fourth-order valence-corrected chi connectivity index (χ4v) is 2.70. The highest BCUT2D eigenvalue weighted by atomic mass is 32.2. The van der Waals surface area contributed by atoms with E-state index in [0.717, 1.165) is 24.3 Å². The van der Waals surface area contributed by atoms with Gasteiger partial charge < -0.3 is 0 Å². The first-order valence-corrected chi connectivity index (χ1v) is 7.48. The predicted molar refractivity (Wildman–Crippen MR) is 72.2 cm³/mol. The lowest BCUT2D eigenvalue weighted by atomic mass is 10.2. The number of rotatable bonds is 3. The highest BCUT2D eigenvalue weighted by molar-refractivity contribution is 7.89. The van der Waals surface area contributed by atoms with Gasteiger partial charge >= 0.3 is 10.0 Å². The first-order chi connectivity index (χ1) is 10.5. The minimum absolute atomic E-state index is 0.0330. The molecule has 1 heterocycles. The maximum absolute atomic E-state index is 12.9. The highest BCUT2D eigenvalue weighted by Gasteiger charge is 2.21. The molecule has 0 bridgehead atoms. The number of aromatic nitrogens is 4. The van der Waals surface area contributed by atoms with Crippen LogP contribution in [0.1, 0.15) is 0 Å². The number of tetrazole rings is 1. The Labute approximate surface area is 124 Å². The molecule has 112 valence electrons. The number of hydrogen-bond donors (Lipinski definition) is 0. The summed E-state index contributed by atoms with van der Waals surface area (Å²) in [5, 5.41) is 10.9. The van der Waals surface area contributed by atoms with Gasteiger partial charge in [0.05, 0.1) is 4.90 Å². The van der Waals surface area contributed by atoms with Crippen LogP contribution in [0.3, 0.4) is 0 Å². The minimum atomic E-state index is -4.06. The van der Waals surface area contributed by atoms with Crippen molar-refractivity contribution in [3.63, 3.8) is 0 Å². The van der Waals surface area contributed by atoms with E-state index in [0.29, 0.717) is 9.77 Å². The Hall–Kier alpha value is -2.68. The SMILES string of the molecule is O=S(=O)(c1ccc(F)cc1)n1nnc(-c2ccc(F)cc2)n1. The average Bonchev–Trinajstić information content (AvgIpc) is 2.99. The highest BCUT2D eigenvalue weighted by Crippen LogP contribution is 2.16. The van der Waals surface area contributed by atoms with Crippen LogP contribution in [0.2, 0.25) is 0 Å². The summed E-state index contributed by atoms with van der Waals surface area (Å²) >= 11 is 0. The van der Waals surface area contributed by atoms with Crippen molar-refractivity contribution in [2.45, 2.75) is 4.90 Å². The molecule has 1 aromatic heterocycles. The summed E-state index contributed by atoms with van der Waals surface area (Å²) in [7, 11) is -4.06. The van der Waals surface area contributed by atoms with Crippen molar-refractivity contribution in [2.24, 2.45) is 0 Å². The van der Waals surface area contributed by atoms with Crippen molar-refractivity contribution < 1.29 is 17.2 Å². The number of hydrogen-bond acceptors (Lipinski definition) is 5. The molecular weight excluding hydrogens is 314 g/mol. The molecule has 0 amide bonds. The molecular formula is C13H8F2N4O2S. The van der Waals surface area contributed by atoms with E-state index in [1.54, 1.807) is 0 Å². The first-order valence-electron chi connectivity index (χ1n) is 6.04. The van der Waals surface area contributed by atoms with Crippen LogP contribution < -0.4 is 0 Å². The van der Waals surface area contributed by atoms with Crippen molar-refractivity contribution in [1.29, 1.82) is 0 Å². The third kappa shape index (κ3) is 2.58. The normalized spacial score (nSPS) is 11.5. The van der Waals surface area contributed by atoms with Crippen LogP contribution in [0.15, 0.2) is 53.4 Å². The lowest BCUT2D eigenvalue weighted by molar-refractivity contribution is 0.565. The van der Waals surface area contributed by atoms with E-state index in [1.807, 2.05) is 0 Å². The zero-order valence-corrected chi connectivity index (χ0v) is 11.7. The average molecular weight is 322 g/mol. The maximum atomic E-state index is 12.9. The molecule has 0 aliphatic rings. The molecule has 0 fully saturated rings. The van der Waals surface area contributed by atoms with Gasteiger partial charge in [-0.2, -0.15) is 8.42 Å². The Morgan fingerprint density at radius 2 is 1.41 bits per heavy atom. The van der Waals surface area contributed by atoms with Crippen LogP contribution in [0.25, 0.3) is 11.4 Å². The van der Waals surface area contributed by atoms with Crippen LogP contribution in [0.4, 0.5) is 8.78 Å². The molecule has 0 unspecified atom stereocenters. The van der Waals surface area contributed by atoms with Gasteiger partial charge in [0.15, 0.2) is 0 Å². The van der Waals surface area contributed by atoms with Crippen LogP contribution in [-0.4, -0.2) is 28.0 Å². The standard InChI is InChI=1S/C13H8F2N4O2S/c14-10-3-1-9(2-4-10)13-16-18-19(17-13)22(20,21)12-7-5-11(15)6-8-12/h1-8H. The lowest BCUT2D eigenvalue weighted by Crippen LogP contribution is -2.16. The summed E-state index contributed by atoms with van der Waals surface area (Å²) in [6.45, 7) is 0. The molecule has 0 spiro atoms. The minimum Gasteiger partial charge on any atom is -0.207 e. The van der Waals surface area contributed by atoms with Gasteiger partial charge in [-0.05, 0) is 57.9 Å². The molecule has 0 atom stereocenters. The molecule has 2 aromatic carbocycles. The second-order valence-corrected chi connectivity index (χ2v) is 6.05. The Kier molecular flexibility index (Phi) is 3.41. The van der Waals surface area contributed by atoms with Crippen molar-refractivity contribution in [3.05, 3.63) is 60.2 Å². The van der Waals surface area contributed by atoms with Crippen molar-refractivity contribution in [1.82, 2.24) is 19.6 Å². The van der Waals surface area contributed by atoms with E-state index in [-0.39, 0.29) is 10.7 Å². The van der Waals surface area contributed by atoms with Gasteiger partial charge in [0.1, 0.15) is 11.6 Å². The van der Waals surface area contributed by atoms with Crippen molar-refractivity contribution >= 4 is 10.0 Å². The third-order valence-corrected chi connectivity index (χ3v) is 4.28. The molecule has 0 N–H and O–H groups in total. The smallest absolute Gasteiger partial charge is 0.207 e. The van der Waals surface area contributed by atoms with Gasteiger partial charge in [-0.15, -0.1) is 10.2 Å². The third-order valence-electron chi connectivity index (χ3n) is 2.83. The Morgan fingerprint density at radius 1 is 0.864 bits per heavy atom. The van der Waals surface area contributed by atoms with Crippen LogP contribution >= 0.6 is 0 Å². The Balaban J connectivity index is 1.99. The quantitative estimate of drug-likeness (QED) is 0.735. The van der Waals surface area contributed by atoms with E-state index >= 15 is 0 Å². The van der Waals surface area contributed by atoms with E-state index in [1.165, 1.54) is 24.3 Å². The summed E-state index contributed by atoms with van der Waals surface area (Å²) < 4.78 is 50.7. The summed E-state index contributed by atoms with van der Waals surface area (Å²) in [6, 6.07) is 9.45. The molecule has 0 aliphatic heterocycles. The topological polar surface area (TPSA) is 77.7 Å². The molecule has 9 heteroatoms. The monoisotopic (exact) mass is 322 g/mol. The molecule has 6 nitrogen and oxygen atoms in total. The van der Waals surface area contributed by atoms with Crippen LogP contribution in [-0.2, 0) is 10.0 Å². The Morgan fingerprint density at radius 3 is 2.00 bits per heavy atom. The van der Waals surface area contributed by atoms with Gasteiger partial charge in [0, 0.05) is 5.56 Å². The summed E-state index contributed by atoms with van der Waals surface area (Å²) in [5.41, 5.74) is 0.418. The summed E-state index contributed by atoms with van der Waals surface area (Å²) in [5.74, 6) is -0.960. The molecule has 3 aromatic rings. The van der Waals surface area contributed by atoms with Gasteiger partial charge in [0.2, 0.25) is 5.82 Å². The number of benzene rings is 2. The zero-order chi connectivity index (χ0) is 15.7. The number of nitrogens with zero attached hydrogens (tertiary/aromatic N) is 4. The van der Waals surface area contributed by atoms with Crippen molar-refractivity contribution in [3.8, 4) is 11.4 Å². The maximum Gasteiger partial charge on any atom is 0.300 e. The van der Waals surface area contributed by atoms with E-state index < -0.39 is 21.7 Å². The number of halogens is 2. The van der Waals surface area contributed by atoms with E-state index in [4.69, 9.17) is 0 Å². The van der Waals surface area contributed by atoms with Gasteiger partial charge in [-0.25, -0.2) is 8.78 Å². The fourth-order valence-electron chi connectivity index (χ4n) is 1.72. The second-order valence-electron chi connectivity index (χ2n) is 4.30. The molecule has 0 saturated carbocycles. The lowest BCUT2D eigenvalue weighted by Gasteiger charge is -2.01. The van der Waals surface area contributed by atoms with E-state index in [9.17, 15) is 17.2 Å². The van der Waals surface area contributed by atoms with E-state index in [2.05, 4.69) is 15.4 Å². The van der Waals surface area contributed by atoms with Gasteiger partial charge in [-0.1, -0.05) is 0 Å². The zero-order valence-electron chi connectivity index (χ0n) is 10.9. The second kappa shape index (κ2) is 5.26. The molecule has 0 saturated heterocycles. The largest absolute Gasteiger partial charge is 0.300 e. The van der Waals surface area contributed by atoms with Crippen LogP contribution in [0.5, 0.6) is 0 Å². The summed E-state index contributed by atoms with van der Waals surface area (Å²) in [4.78, 5) is -0.169. The fraction of sp³-hybridized carbons (Fsp3) is 0.